The number of nitrogens with two attached hydrogens (primary N) is 3. The van der Waals surface area contributed by atoms with Gasteiger partial charge in [-0.2, -0.15) is 0 Å². The molecule has 0 aliphatic heterocycles. The molecule has 3 rings (SSSR count). The molecule has 0 aliphatic carbocycles. The number of hydrogen-bond acceptors (Lipinski definition) is 8. The molecule has 2 aromatic carbocycles. The van der Waals surface area contributed by atoms with Gasteiger partial charge >= 0.3 is 5.97 Å². The van der Waals surface area contributed by atoms with Crippen LogP contribution in [0.15, 0.2) is 54.7 Å². The van der Waals surface area contributed by atoms with Gasteiger partial charge in [-0.15, -0.1) is 0 Å². The molecule has 15 heteroatoms. The molecule has 43 heavy (non-hydrogen) atoms. The molecule has 15 nitrogen and oxygen atoms in total. The van der Waals surface area contributed by atoms with Crippen molar-refractivity contribution in [2.45, 2.75) is 49.9 Å². The molecule has 4 unspecified atom stereocenters. The van der Waals surface area contributed by atoms with E-state index in [1.165, 1.54) is 12.1 Å². The lowest BCUT2D eigenvalue weighted by Crippen LogP contribution is -2.58. The number of carbonyl (C=O) groups is 6. The SMILES string of the molecule is NC(=O)CC(NC(=O)C(N)Cc1ccc(O)cc1)C(=O)NC(CC(N)=O)C(=O)NC(Cc1c[nH]c2ccccc12)C(=O)O. The molecule has 1 heterocycles. The molecule has 228 valence electrons. The highest BCUT2D eigenvalue weighted by atomic mass is 16.4. The second-order valence-electron chi connectivity index (χ2n) is 9.90. The lowest BCUT2D eigenvalue weighted by atomic mass is 10.0. The number of carboxylic acid groups (broad SMARTS) is 1. The Morgan fingerprint density at radius 3 is 1.84 bits per heavy atom. The van der Waals surface area contributed by atoms with Crippen molar-refractivity contribution in [1.82, 2.24) is 20.9 Å². The van der Waals surface area contributed by atoms with E-state index in [1.54, 1.807) is 42.6 Å². The summed E-state index contributed by atoms with van der Waals surface area (Å²) in [5, 5.41) is 26.8. The van der Waals surface area contributed by atoms with Gasteiger partial charge < -0.3 is 48.3 Å². The van der Waals surface area contributed by atoms with E-state index in [-0.39, 0.29) is 18.6 Å². The second-order valence-corrected chi connectivity index (χ2v) is 9.90. The Labute approximate surface area is 245 Å². The van der Waals surface area contributed by atoms with E-state index >= 15 is 0 Å². The van der Waals surface area contributed by atoms with Crippen LogP contribution in [-0.2, 0) is 41.6 Å². The lowest BCUT2D eigenvalue weighted by molar-refractivity contribution is -0.142. The normalized spacial score (nSPS) is 13.7. The van der Waals surface area contributed by atoms with Crippen molar-refractivity contribution in [1.29, 1.82) is 0 Å². The average Bonchev–Trinajstić information content (AvgIpc) is 3.35. The van der Waals surface area contributed by atoms with Crippen LogP contribution in [0.25, 0.3) is 10.9 Å². The third kappa shape index (κ3) is 9.29. The number of carbonyl (C=O) groups excluding carboxylic acids is 5. The zero-order valence-electron chi connectivity index (χ0n) is 22.9. The first kappa shape index (κ1) is 32.1. The van der Waals surface area contributed by atoms with E-state index in [4.69, 9.17) is 17.2 Å². The Kier molecular flexibility index (Phi) is 10.8. The van der Waals surface area contributed by atoms with E-state index < -0.39 is 72.5 Å². The lowest BCUT2D eigenvalue weighted by Gasteiger charge is -2.24. The van der Waals surface area contributed by atoms with Crippen LogP contribution in [0.1, 0.15) is 24.0 Å². The van der Waals surface area contributed by atoms with Crippen LogP contribution < -0.4 is 33.2 Å². The molecular weight excluding hydrogens is 562 g/mol. The third-order valence-corrected chi connectivity index (χ3v) is 6.52. The monoisotopic (exact) mass is 595 g/mol. The second kappa shape index (κ2) is 14.5. The van der Waals surface area contributed by atoms with Crippen LogP contribution in [0, 0.1) is 0 Å². The number of phenolic OH excluding ortho intramolecular Hbond substituents is 1. The number of phenols is 1. The molecule has 0 fully saturated rings. The van der Waals surface area contributed by atoms with Gasteiger partial charge in [0.2, 0.25) is 29.5 Å². The summed E-state index contributed by atoms with van der Waals surface area (Å²) in [7, 11) is 0. The Bertz CT molecular complexity index is 1500. The van der Waals surface area contributed by atoms with E-state index in [1.807, 2.05) is 0 Å². The highest BCUT2D eigenvalue weighted by molar-refractivity contribution is 5.97. The van der Waals surface area contributed by atoms with Crippen molar-refractivity contribution in [3.63, 3.8) is 0 Å². The number of rotatable bonds is 15. The summed E-state index contributed by atoms with van der Waals surface area (Å²) in [4.78, 5) is 77.3. The number of fused-ring (bicyclic) bond motifs is 1. The van der Waals surface area contributed by atoms with Crippen LogP contribution in [-0.4, -0.2) is 74.9 Å². The molecule has 4 atom stereocenters. The first-order chi connectivity index (χ1) is 20.3. The molecule has 3 aromatic rings. The molecule has 0 bridgehead atoms. The molecule has 0 saturated heterocycles. The van der Waals surface area contributed by atoms with Crippen molar-refractivity contribution in [2.24, 2.45) is 17.2 Å². The minimum Gasteiger partial charge on any atom is -0.508 e. The Morgan fingerprint density at radius 2 is 1.28 bits per heavy atom. The predicted octanol–water partition coefficient (Wildman–Crippen LogP) is -1.72. The van der Waals surface area contributed by atoms with Crippen LogP contribution in [0.2, 0.25) is 0 Å². The number of nitrogens with one attached hydrogen (secondary N) is 4. The zero-order valence-corrected chi connectivity index (χ0v) is 22.9. The minimum absolute atomic E-state index is 0.0159. The third-order valence-electron chi connectivity index (χ3n) is 6.52. The van der Waals surface area contributed by atoms with Crippen molar-refractivity contribution < 1.29 is 39.0 Å². The molecule has 1 aromatic heterocycles. The maximum atomic E-state index is 13.1. The zero-order chi connectivity index (χ0) is 31.7. The number of benzene rings is 2. The number of aromatic amines is 1. The van der Waals surface area contributed by atoms with Gasteiger partial charge in [-0.1, -0.05) is 30.3 Å². The van der Waals surface area contributed by atoms with E-state index in [0.717, 1.165) is 10.9 Å². The topological polar surface area (TPSA) is 273 Å². The van der Waals surface area contributed by atoms with Crippen LogP contribution >= 0.6 is 0 Å². The highest BCUT2D eigenvalue weighted by Gasteiger charge is 2.32. The molecule has 0 saturated carbocycles. The van der Waals surface area contributed by atoms with Crippen LogP contribution in [0.3, 0.4) is 0 Å². The van der Waals surface area contributed by atoms with Gasteiger partial charge in [-0.05, 0) is 35.7 Å². The summed E-state index contributed by atoms with van der Waals surface area (Å²) in [6, 6.07) is 7.21. The fourth-order valence-electron chi connectivity index (χ4n) is 4.34. The van der Waals surface area contributed by atoms with Gasteiger partial charge in [0, 0.05) is 23.5 Å². The van der Waals surface area contributed by atoms with Gasteiger partial charge in [0.05, 0.1) is 18.9 Å². The number of aromatic hydroxyl groups is 1. The number of aromatic nitrogens is 1. The first-order valence-electron chi connectivity index (χ1n) is 13.1. The summed E-state index contributed by atoms with van der Waals surface area (Å²) in [6.45, 7) is 0. The molecule has 5 amide bonds. The summed E-state index contributed by atoms with van der Waals surface area (Å²) >= 11 is 0. The number of primary amides is 2. The quantitative estimate of drug-likeness (QED) is 0.0964. The number of carboxylic acids is 1. The fraction of sp³-hybridized carbons (Fsp3) is 0.286. The number of para-hydroxylation sites is 1. The maximum Gasteiger partial charge on any atom is 0.326 e. The number of hydrogen-bond donors (Lipinski definition) is 9. The van der Waals surface area contributed by atoms with E-state index in [0.29, 0.717) is 11.1 Å². The number of amides is 5. The molecular formula is C28H33N7O8. The van der Waals surface area contributed by atoms with Crippen LogP contribution in [0.5, 0.6) is 5.75 Å². The summed E-state index contributed by atoms with van der Waals surface area (Å²) in [6.07, 6.45) is 0.124. The van der Waals surface area contributed by atoms with Crippen molar-refractivity contribution in [2.75, 3.05) is 0 Å². The van der Waals surface area contributed by atoms with Gasteiger partial charge in [0.25, 0.3) is 0 Å². The Balaban J connectivity index is 1.71. The minimum atomic E-state index is -1.65. The molecule has 0 radical (unpaired) electrons. The smallest absolute Gasteiger partial charge is 0.326 e. The van der Waals surface area contributed by atoms with Gasteiger partial charge in [-0.25, -0.2) is 4.79 Å². The summed E-state index contributed by atoms with van der Waals surface area (Å²) in [5.41, 5.74) is 18.4. The van der Waals surface area contributed by atoms with Crippen molar-refractivity contribution in [3.8, 4) is 5.75 Å². The fourth-order valence-corrected chi connectivity index (χ4v) is 4.34. The predicted molar refractivity (Wildman–Crippen MR) is 153 cm³/mol. The molecule has 12 N–H and O–H groups in total. The number of H-pyrrole nitrogens is 1. The highest BCUT2D eigenvalue weighted by Crippen LogP contribution is 2.19. The average molecular weight is 596 g/mol. The maximum absolute atomic E-state index is 13.1. The van der Waals surface area contributed by atoms with E-state index in [2.05, 4.69) is 20.9 Å². The van der Waals surface area contributed by atoms with Gasteiger partial charge in [-0.3, -0.25) is 24.0 Å². The Hall–Kier alpha value is -5.44. The summed E-state index contributed by atoms with van der Waals surface area (Å²) in [5.74, 6) is -6.23. The summed E-state index contributed by atoms with van der Waals surface area (Å²) < 4.78 is 0. The Morgan fingerprint density at radius 1 is 0.744 bits per heavy atom. The van der Waals surface area contributed by atoms with Crippen LogP contribution in [0.4, 0.5) is 0 Å². The standard InChI is InChI=1S/C28H33N7O8/c29-18(9-14-5-7-16(36)8-6-14)25(39)33-20(11-23(30)37)26(40)34-21(12-24(31)38)27(41)35-22(28(42)43)10-15-13-32-19-4-2-1-3-17(15)19/h1-8,13,18,20-22,32,36H,9-12,29H2,(H2,30,37)(H2,31,38)(H,33,39)(H,34,40)(H,35,41)(H,42,43). The van der Waals surface area contributed by atoms with Gasteiger partial charge in [0.15, 0.2) is 0 Å². The largest absolute Gasteiger partial charge is 0.508 e. The van der Waals surface area contributed by atoms with Gasteiger partial charge in [0.1, 0.15) is 23.9 Å². The van der Waals surface area contributed by atoms with Crippen molar-refractivity contribution in [3.05, 3.63) is 65.9 Å². The number of aliphatic carboxylic acids is 1. The molecule has 0 aliphatic rings. The molecule has 0 spiro atoms. The van der Waals surface area contributed by atoms with Crippen molar-refractivity contribution >= 4 is 46.4 Å². The first-order valence-corrected chi connectivity index (χ1v) is 13.1. The van der Waals surface area contributed by atoms with E-state index in [9.17, 15) is 39.0 Å².